The lowest BCUT2D eigenvalue weighted by Crippen LogP contribution is -2.40. The van der Waals surface area contributed by atoms with Gasteiger partial charge in [0, 0.05) is 13.0 Å². The second kappa shape index (κ2) is 11.7. The van der Waals surface area contributed by atoms with Crippen LogP contribution in [0.15, 0.2) is 63.5 Å². The molecule has 0 bridgehead atoms. The third-order valence-electron chi connectivity index (χ3n) is 5.97. The third kappa shape index (κ3) is 5.71. The van der Waals surface area contributed by atoms with E-state index in [4.69, 9.17) is 14.2 Å². The molecule has 0 fully saturated rings. The largest absolute Gasteiger partial charge is 0.493 e. The number of aromatic nitrogens is 1. The van der Waals surface area contributed by atoms with E-state index in [1.54, 1.807) is 37.3 Å². The van der Waals surface area contributed by atoms with Crippen molar-refractivity contribution in [3.63, 3.8) is 0 Å². The number of para-hydroxylation sites is 1. The van der Waals surface area contributed by atoms with Gasteiger partial charge in [-0.2, -0.15) is 0 Å². The van der Waals surface area contributed by atoms with Crippen molar-refractivity contribution >= 4 is 35.0 Å². The Morgan fingerprint density at radius 2 is 1.93 bits per heavy atom. The van der Waals surface area contributed by atoms with Crippen LogP contribution in [0.3, 0.4) is 0 Å². The summed E-state index contributed by atoms with van der Waals surface area (Å²) in [7, 11) is 1.41. The van der Waals surface area contributed by atoms with Crippen molar-refractivity contribution in [2.75, 3.05) is 13.7 Å². The molecule has 40 heavy (non-hydrogen) atoms. The molecule has 0 saturated heterocycles. The molecule has 0 N–H and O–H groups in total. The van der Waals surface area contributed by atoms with Gasteiger partial charge in [0.15, 0.2) is 16.3 Å². The molecule has 2 heterocycles. The van der Waals surface area contributed by atoms with E-state index in [0.29, 0.717) is 16.1 Å². The summed E-state index contributed by atoms with van der Waals surface area (Å²) < 4.78 is 17.8. The molecule has 1 aromatic heterocycles. The zero-order valence-electron chi connectivity index (χ0n) is 22.5. The number of carbonyl (C=O) groups is 2. The van der Waals surface area contributed by atoms with E-state index in [0.717, 1.165) is 11.3 Å². The molecule has 0 radical (unpaired) electrons. The number of fused-ring (bicyclic) bond motifs is 1. The molecule has 11 nitrogen and oxygen atoms in total. The predicted molar refractivity (Wildman–Crippen MR) is 147 cm³/mol. The highest BCUT2D eigenvalue weighted by Crippen LogP contribution is 2.36. The summed E-state index contributed by atoms with van der Waals surface area (Å²) in [5.74, 6) is -0.695. The van der Waals surface area contributed by atoms with Crippen molar-refractivity contribution in [2.24, 2.45) is 10.9 Å². The minimum Gasteiger partial charge on any atom is -0.493 e. The molecule has 208 valence electrons. The first-order valence-electron chi connectivity index (χ1n) is 12.3. The third-order valence-corrected chi connectivity index (χ3v) is 6.95. The first kappa shape index (κ1) is 28.4. The number of hydrogen-bond donors (Lipinski definition) is 0. The van der Waals surface area contributed by atoms with Crippen LogP contribution in [-0.2, 0) is 14.3 Å². The number of carbonyl (C=O) groups excluding carboxylic acids is 2. The minimum absolute atomic E-state index is 0.0780. The van der Waals surface area contributed by atoms with Crippen LogP contribution in [0.4, 0.5) is 5.69 Å². The maximum Gasteiger partial charge on any atom is 0.338 e. The Bertz CT molecular complexity index is 1720. The smallest absolute Gasteiger partial charge is 0.338 e. The predicted octanol–water partition coefficient (Wildman–Crippen LogP) is 3.28. The lowest BCUT2D eigenvalue weighted by Gasteiger charge is -2.25. The maximum absolute atomic E-state index is 13.8. The van der Waals surface area contributed by atoms with Crippen molar-refractivity contribution in [3.05, 3.63) is 94.7 Å². The zero-order valence-corrected chi connectivity index (χ0v) is 23.3. The number of rotatable bonds is 8. The van der Waals surface area contributed by atoms with Gasteiger partial charge in [0.1, 0.15) is 0 Å². The summed E-state index contributed by atoms with van der Waals surface area (Å²) in [5.41, 5.74) is 0.625. The minimum atomic E-state index is -0.955. The van der Waals surface area contributed by atoms with Crippen LogP contribution < -0.4 is 24.4 Å². The first-order valence-corrected chi connectivity index (χ1v) is 13.1. The average Bonchev–Trinajstić information content (AvgIpc) is 3.20. The number of benzene rings is 2. The number of thiazole rings is 1. The number of esters is 2. The Labute approximate surface area is 232 Å². The quantitative estimate of drug-likeness (QED) is 0.176. The molecule has 0 amide bonds. The fourth-order valence-corrected chi connectivity index (χ4v) is 5.27. The SMILES string of the molecule is COc1cc([C@H]2C(C(=O)OCC(C)C)=C(C)N=c3s/c(=C/c4ccccc4[N+](=O)[O-])c(=O)n32)ccc1OC(C)=O. The highest BCUT2D eigenvalue weighted by Gasteiger charge is 2.34. The monoisotopic (exact) mass is 565 g/mol. The second-order valence-electron chi connectivity index (χ2n) is 9.39. The molecular weight excluding hydrogens is 538 g/mol. The fourth-order valence-electron chi connectivity index (χ4n) is 4.23. The van der Waals surface area contributed by atoms with Gasteiger partial charge in [-0.15, -0.1) is 0 Å². The van der Waals surface area contributed by atoms with Gasteiger partial charge in [-0.1, -0.05) is 43.4 Å². The molecule has 12 heteroatoms. The number of ether oxygens (including phenoxy) is 3. The van der Waals surface area contributed by atoms with Gasteiger partial charge in [0.2, 0.25) is 0 Å². The van der Waals surface area contributed by atoms with Crippen LogP contribution in [0, 0.1) is 16.0 Å². The van der Waals surface area contributed by atoms with Crippen LogP contribution in [0.5, 0.6) is 11.5 Å². The first-order chi connectivity index (χ1) is 19.0. The lowest BCUT2D eigenvalue weighted by atomic mass is 9.95. The van der Waals surface area contributed by atoms with E-state index in [1.807, 2.05) is 13.8 Å². The van der Waals surface area contributed by atoms with Gasteiger partial charge in [0.05, 0.1) is 46.0 Å². The highest BCUT2D eigenvalue weighted by molar-refractivity contribution is 7.07. The molecule has 1 aliphatic rings. The molecule has 3 aromatic rings. The van der Waals surface area contributed by atoms with Crippen LogP contribution in [0.25, 0.3) is 6.08 Å². The van der Waals surface area contributed by atoms with Crippen LogP contribution in [-0.4, -0.2) is 35.1 Å². The van der Waals surface area contributed by atoms with E-state index >= 15 is 0 Å². The summed E-state index contributed by atoms with van der Waals surface area (Å²) in [4.78, 5) is 54.6. The number of nitro groups is 1. The molecule has 0 unspecified atom stereocenters. The standard InChI is InChI=1S/C28H27N3O8S/c1-15(2)14-38-27(34)24-16(3)29-28-30(25(24)19-10-11-21(39-17(4)32)22(12-19)37-5)26(33)23(40-28)13-18-8-6-7-9-20(18)31(35)36/h6-13,15,25H,14H2,1-5H3/b23-13+/t25-/m0/s1. The summed E-state index contributed by atoms with van der Waals surface area (Å²) in [6.07, 6.45) is 1.44. The summed E-state index contributed by atoms with van der Waals surface area (Å²) >= 11 is 1.05. The highest BCUT2D eigenvalue weighted by atomic mass is 32.1. The van der Waals surface area contributed by atoms with Gasteiger partial charge < -0.3 is 14.2 Å². The van der Waals surface area contributed by atoms with Crippen LogP contribution >= 0.6 is 11.3 Å². The fraction of sp³-hybridized carbons (Fsp3) is 0.286. The van der Waals surface area contributed by atoms with Gasteiger partial charge >= 0.3 is 11.9 Å². The van der Waals surface area contributed by atoms with Crippen molar-refractivity contribution < 1.29 is 28.7 Å². The molecular formula is C28H27N3O8S. The van der Waals surface area contributed by atoms with Gasteiger partial charge in [-0.3, -0.25) is 24.3 Å². The van der Waals surface area contributed by atoms with E-state index in [-0.39, 0.29) is 45.4 Å². The molecule has 0 aliphatic carbocycles. The molecule has 0 saturated carbocycles. The number of hydrogen-bond acceptors (Lipinski definition) is 10. The summed E-state index contributed by atoms with van der Waals surface area (Å²) in [6, 6.07) is 9.86. The average molecular weight is 566 g/mol. The molecule has 0 spiro atoms. The maximum atomic E-state index is 13.8. The van der Waals surface area contributed by atoms with Gasteiger partial charge in [0.25, 0.3) is 11.2 Å². The number of methoxy groups -OCH3 is 1. The van der Waals surface area contributed by atoms with Crippen molar-refractivity contribution in [1.29, 1.82) is 0 Å². The number of nitro benzene ring substituents is 1. The number of nitrogens with zero attached hydrogens (tertiary/aromatic N) is 3. The van der Waals surface area contributed by atoms with E-state index in [9.17, 15) is 24.5 Å². The van der Waals surface area contributed by atoms with E-state index in [2.05, 4.69) is 4.99 Å². The van der Waals surface area contributed by atoms with Gasteiger partial charge in [-0.25, -0.2) is 9.79 Å². The Balaban J connectivity index is 1.95. The molecule has 1 atom stereocenters. The Hall–Kier alpha value is -4.58. The Morgan fingerprint density at radius 1 is 1.20 bits per heavy atom. The molecule has 1 aliphatic heterocycles. The topological polar surface area (TPSA) is 139 Å². The van der Waals surface area contributed by atoms with E-state index < -0.39 is 28.5 Å². The number of allylic oxidation sites excluding steroid dienone is 1. The Kier molecular flexibility index (Phi) is 8.29. The summed E-state index contributed by atoms with van der Waals surface area (Å²) in [6.45, 7) is 6.89. The molecule has 4 rings (SSSR count). The van der Waals surface area contributed by atoms with Crippen LogP contribution in [0.1, 0.15) is 44.9 Å². The Morgan fingerprint density at radius 3 is 2.58 bits per heavy atom. The second-order valence-corrected chi connectivity index (χ2v) is 10.4. The van der Waals surface area contributed by atoms with Crippen molar-refractivity contribution in [2.45, 2.75) is 33.7 Å². The normalized spacial score (nSPS) is 14.9. The molecule has 2 aromatic carbocycles. The zero-order chi connectivity index (χ0) is 29.1. The van der Waals surface area contributed by atoms with Crippen LogP contribution in [0.2, 0.25) is 0 Å². The lowest BCUT2D eigenvalue weighted by molar-refractivity contribution is -0.385. The van der Waals surface area contributed by atoms with E-state index in [1.165, 1.54) is 36.8 Å². The van der Waals surface area contributed by atoms with Crippen molar-refractivity contribution in [1.82, 2.24) is 4.57 Å². The summed E-state index contributed by atoms with van der Waals surface area (Å²) in [5, 5.41) is 11.5. The van der Waals surface area contributed by atoms with Gasteiger partial charge in [-0.05, 0) is 42.7 Å². The van der Waals surface area contributed by atoms with Crippen molar-refractivity contribution in [3.8, 4) is 11.5 Å².